The van der Waals surface area contributed by atoms with Gasteiger partial charge in [0.2, 0.25) is 0 Å². The average Bonchev–Trinajstić information content (AvgIpc) is 2.32. The van der Waals surface area contributed by atoms with Gasteiger partial charge in [0, 0.05) is 13.1 Å². The third kappa shape index (κ3) is 0.888. The van der Waals surface area contributed by atoms with Crippen molar-refractivity contribution >= 4 is 11.0 Å². The van der Waals surface area contributed by atoms with Crippen LogP contribution in [0.4, 0.5) is 4.39 Å². The Morgan fingerprint density at radius 3 is 3.18 bits per heavy atom. The number of imidazole rings is 1. The number of halogens is 1. The van der Waals surface area contributed by atoms with Crippen LogP contribution in [0, 0.1) is 12.1 Å². The maximum atomic E-state index is 12.6. The highest BCUT2D eigenvalue weighted by atomic mass is 19.1. The molecule has 0 saturated carbocycles. The lowest BCUT2D eigenvalue weighted by molar-refractivity contribution is 0.629. The predicted octanol–water partition coefficient (Wildman–Crippen LogP) is 1.51. The van der Waals surface area contributed by atoms with Crippen LogP contribution in [0.2, 0.25) is 0 Å². The van der Waals surface area contributed by atoms with Gasteiger partial charge in [0.1, 0.15) is 5.82 Å². The molecule has 2 nitrogen and oxygen atoms in total. The molecule has 0 spiro atoms. The molecule has 1 radical (unpaired) electrons. The zero-order chi connectivity index (χ0) is 7.84. The van der Waals surface area contributed by atoms with E-state index < -0.39 is 0 Å². The first kappa shape index (κ1) is 6.34. The highest BCUT2D eigenvalue weighted by Gasteiger charge is 1.99. The number of aryl methyl sites for hydroxylation is 1. The lowest BCUT2D eigenvalue weighted by atomic mass is 10.3. The van der Waals surface area contributed by atoms with Gasteiger partial charge in [0.15, 0.2) is 6.33 Å². The maximum Gasteiger partial charge on any atom is 0.177 e. The van der Waals surface area contributed by atoms with Crippen molar-refractivity contribution in [2.45, 2.75) is 0 Å². The van der Waals surface area contributed by atoms with Gasteiger partial charge in [-0.2, -0.15) is 0 Å². The summed E-state index contributed by atoms with van der Waals surface area (Å²) in [6.07, 6.45) is 2.70. The third-order valence-electron chi connectivity index (χ3n) is 1.62. The van der Waals surface area contributed by atoms with Gasteiger partial charge >= 0.3 is 0 Å². The minimum absolute atomic E-state index is 0.260. The van der Waals surface area contributed by atoms with E-state index in [0.29, 0.717) is 5.52 Å². The molecule has 0 fully saturated rings. The molecular weight excluding hydrogens is 143 g/mol. The van der Waals surface area contributed by atoms with E-state index in [1.165, 1.54) is 12.1 Å². The van der Waals surface area contributed by atoms with Crippen LogP contribution in [0.3, 0.4) is 0 Å². The molecule has 0 aliphatic carbocycles. The number of aromatic nitrogens is 2. The molecule has 2 aromatic rings. The van der Waals surface area contributed by atoms with E-state index in [1.54, 1.807) is 10.6 Å². The Balaban J connectivity index is 2.86. The summed E-state index contributed by atoms with van der Waals surface area (Å²) in [6.45, 7) is 0. The minimum Gasteiger partial charge on any atom is -0.324 e. The summed E-state index contributed by atoms with van der Waals surface area (Å²) in [5.74, 6) is -0.260. The van der Waals surface area contributed by atoms with Crippen molar-refractivity contribution in [3.05, 3.63) is 30.3 Å². The lowest BCUT2D eigenvalue weighted by Crippen LogP contribution is -1.83. The van der Waals surface area contributed by atoms with Crippen molar-refractivity contribution in [1.29, 1.82) is 0 Å². The Bertz CT molecular complexity index is 392. The van der Waals surface area contributed by atoms with E-state index in [-0.39, 0.29) is 5.82 Å². The second kappa shape index (κ2) is 2.05. The summed E-state index contributed by atoms with van der Waals surface area (Å²) in [7, 11) is 1.83. The maximum absolute atomic E-state index is 12.6. The Labute approximate surface area is 63.3 Å². The first-order valence-corrected chi connectivity index (χ1v) is 3.27. The van der Waals surface area contributed by atoms with E-state index in [2.05, 4.69) is 11.3 Å². The molecule has 0 aliphatic rings. The molecule has 0 N–H and O–H groups in total. The van der Waals surface area contributed by atoms with E-state index in [0.717, 1.165) is 5.52 Å². The van der Waals surface area contributed by atoms with Gasteiger partial charge in [0.25, 0.3) is 0 Å². The molecule has 1 aromatic heterocycles. The molecular formula is C8H6FN2. The monoisotopic (exact) mass is 149 g/mol. The smallest absolute Gasteiger partial charge is 0.177 e. The molecule has 0 atom stereocenters. The van der Waals surface area contributed by atoms with Crippen molar-refractivity contribution in [3.63, 3.8) is 0 Å². The van der Waals surface area contributed by atoms with Crippen LogP contribution in [0.25, 0.3) is 11.0 Å². The highest BCUT2D eigenvalue weighted by Crippen LogP contribution is 2.11. The molecule has 0 unspecified atom stereocenters. The number of hydrogen-bond acceptors (Lipinski definition) is 1. The van der Waals surface area contributed by atoms with Crippen LogP contribution in [-0.4, -0.2) is 9.55 Å². The van der Waals surface area contributed by atoms with E-state index >= 15 is 0 Å². The zero-order valence-corrected chi connectivity index (χ0v) is 6.00. The molecule has 0 amide bonds. The molecule has 0 aliphatic heterocycles. The highest BCUT2D eigenvalue weighted by molar-refractivity contribution is 5.74. The number of nitrogens with zero attached hydrogens (tertiary/aromatic N) is 2. The quantitative estimate of drug-likeness (QED) is 0.555. The Kier molecular flexibility index (Phi) is 1.18. The SMILES string of the molecule is Cn1[c]nc2cc(F)ccc21. The van der Waals surface area contributed by atoms with E-state index in [4.69, 9.17) is 0 Å². The van der Waals surface area contributed by atoms with Crippen LogP contribution in [-0.2, 0) is 7.05 Å². The van der Waals surface area contributed by atoms with Gasteiger partial charge in [-0.3, -0.25) is 0 Å². The molecule has 1 aromatic carbocycles. The van der Waals surface area contributed by atoms with Crippen LogP contribution in [0.5, 0.6) is 0 Å². The van der Waals surface area contributed by atoms with Gasteiger partial charge in [-0.15, -0.1) is 0 Å². The predicted molar refractivity (Wildman–Crippen MR) is 39.5 cm³/mol. The van der Waals surface area contributed by atoms with Crippen LogP contribution in [0.1, 0.15) is 0 Å². The Morgan fingerprint density at radius 2 is 2.36 bits per heavy atom. The van der Waals surface area contributed by atoms with Crippen molar-refractivity contribution in [1.82, 2.24) is 9.55 Å². The topological polar surface area (TPSA) is 17.8 Å². The van der Waals surface area contributed by atoms with Crippen molar-refractivity contribution in [2.24, 2.45) is 7.05 Å². The lowest BCUT2D eigenvalue weighted by Gasteiger charge is -1.91. The second-order valence-corrected chi connectivity index (χ2v) is 2.40. The van der Waals surface area contributed by atoms with Crippen molar-refractivity contribution in [2.75, 3.05) is 0 Å². The minimum atomic E-state index is -0.260. The largest absolute Gasteiger partial charge is 0.324 e. The van der Waals surface area contributed by atoms with Gasteiger partial charge in [-0.05, 0) is 12.1 Å². The summed E-state index contributed by atoms with van der Waals surface area (Å²) in [4.78, 5) is 3.88. The Morgan fingerprint density at radius 1 is 1.55 bits per heavy atom. The molecule has 1 heterocycles. The summed E-state index contributed by atoms with van der Waals surface area (Å²) in [5.41, 5.74) is 1.54. The fourth-order valence-electron chi connectivity index (χ4n) is 1.05. The Hall–Kier alpha value is -1.38. The summed E-state index contributed by atoms with van der Waals surface area (Å²) < 4.78 is 14.3. The second-order valence-electron chi connectivity index (χ2n) is 2.40. The molecule has 11 heavy (non-hydrogen) atoms. The molecule has 55 valence electrons. The average molecular weight is 149 g/mol. The van der Waals surface area contributed by atoms with Crippen LogP contribution in [0.15, 0.2) is 18.2 Å². The van der Waals surface area contributed by atoms with Crippen LogP contribution < -0.4 is 0 Å². The van der Waals surface area contributed by atoms with E-state index in [9.17, 15) is 4.39 Å². The molecule has 3 heteroatoms. The summed E-state index contributed by atoms with van der Waals surface area (Å²) >= 11 is 0. The van der Waals surface area contributed by atoms with E-state index in [1.807, 2.05) is 7.05 Å². The number of fused-ring (bicyclic) bond motifs is 1. The fraction of sp³-hybridized carbons (Fsp3) is 0.125. The van der Waals surface area contributed by atoms with Gasteiger partial charge in [-0.1, -0.05) is 0 Å². The molecule has 2 rings (SSSR count). The molecule has 0 saturated heterocycles. The van der Waals surface area contributed by atoms with Gasteiger partial charge in [0.05, 0.1) is 11.0 Å². The summed E-state index contributed by atoms with van der Waals surface area (Å²) in [5, 5.41) is 0. The number of rotatable bonds is 0. The number of hydrogen-bond donors (Lipinski definition) is 0. The zero-order valence-electron chi connectivity index (χ0n) is 6.00. The van der Waals surface area contributed by atoms with Crippen LogP contribution >= 0.6 is 0 Å². The molecule has 0 bridgehead atoms. The van der Waals surface area contributed by atoms with Gasteiger partial charge < -0.3 is 4.57 Å². The van der Waals surface area contributed by atoms with Crippen molar-refractivity contribution < 1.29 is 4.39 Å². The standard InChI is InChI=1S/C8H6FN2/c1-11-5-10-7-4-6(9)2-3-8(7)11/h2-4H,1H3. The summed E-state index contributed by atoms with van der Waals surface area (Å²) in [6, 6.07) is 4.50. The van der Waals surface area contributed by atoms with Crippen molar-refractivity contribution in [3.8, 4) is 0 Å². The van der Waals surface area contributed by atoms with Gasteiger partial charge in [-0.25, -0.2) is 9.37 Å². The normalized spacial score (nSPS) is 10.7. The fourth-order valence-corrected chi connectivity index (χ4v) is 1.05. The first-order chi connectivity index (χ1) is 5.27. The first-order valence-electron chi connectivity index (χ1n) is 3.27. The number of benzene rings is 1. The third-order valence-corrected chi connectivity index (χ3v) is 1.62.